The molecule has 1 aromatic carbocycles. The van der Waals surface area contributed by atoms with E-state index in [1.54, 1.807) is 0 Å². The standard InChI is InChI=1S/C11H15NO/c1-7-3-9(6-12)5-10-4-8(2)13-11(7)10/h3,5,8H,4,6,12H2,1-2H3. The van der Waals surface area contributed by atoms with Gasteiger partial charge in [-0.3, -0.25) is 0 Å². The molecule has 2 heteroatoms. The molecule has 1 atom stereocenters. The molecule has 2 N–H and O–H groups in total. The average Bonchev–Trinajstić information content (AvgIpc) is 2.46. The second kappa shape index (κ2) is 3.04. The molecule has 0 fully saturated rings. The van der Waals surface area contributed by atoms with Crippen LogP contribution in [0.3, 0.4) is 0 Å². The van der Waals surface area contributed by atoms with Crippen molar-refractivity contribution in [3.63, 3.8) is 0 Å². The molecule has 0 spiro atoms. The molecular weight excluding hydrogens is 162 g/mol. The fraction of sp³-hybridized carbons (Fsp3) is 0.455. The first kappa shape index (κ1) is 8.57. The molecule has 2 nitrogen and oxygen atoms in total. The third-order valence-corrected chi connectivity index (χ3v) is 2.47. The Morgan fingerprint density at radius 1 is 1.54 bits per heavy atom. The lowest BCUT2D eigenvalue weighted by Crippen LogP contribution is -2.05. The minimum absolute atomic E-state index is 0.321. The van der Waals surface area contributed by atoms with E-state index in [-0.39, 0.29) is 0 Å². The van der Waals surface area contributed by atoms with E-state index in [0.29, 0.717) is 12.6 Å². The Balaban J connectivity index is 2.46. The molecule has 0 radical (unpaired) electrons. The number of nitrogens with two attached hydrogens (primary N) is 1. The normalized spacial score (nSPS) is 19.8. The molecule has 1 aromatic rings. The lowest BCUT2D eigenvalue weighted by Gasteiger charge is -2.07. The molecule has 13 heavy (non-hydrogen) atoms. The van der Waals surface area contributed by atoms with Crippen LogP contribution in [-0.4, -0.2) is 6.10 Å². The summed E-state index contributed by atoms with van der Waals surface area (Å²) in [5.41, 5.74) is 9.33. The summed E-state index contributed by atoms with van der Waals surface area (Å²) in [6.07, 6.45) is 1.34. The summed E-state index contributed by atoms with van der Waals surface area (Å²) in [4.78, 5) is 0. The van der Waals surface area contributed by atoms with Crippen LogP contribution in [0, 0.1) is 6.92 Å². The molecule has 0 saturated heterocycles. The van der Waals surface area contributed by atoms with E-state index < -0.39 is 0 Å². The van der Waals surface area contributed by atoms with Gasteiger partial charge in [0.25, 0.3) is 0 Å². The molecular formula is C11H15NO. The van der Waals surface area contributed by atoms with Crippen LogP contribution in [0.2, 0.25) is 0 Å². The number of hydrogen-bond acceptors (Lipinski definition) is 2. The Hall–Kier alpha value is -1.02. The first-order valence-corrected chi connectivity index (χ1v) is 4.70. The van der Waals surface area contributed by atoms with Crippen molar-refractivity contribution >= 4 is 0 Å². The summed E-state index contributed by atoms with van der Waals surface area (Å²) < 4.78 is 5.70. The van der Waals surface area contributed by atoms with Gasteiger partial charge in [0.2, 0.25) is 0 Å². The van der Waals surface area contributed by atoms with Gasteiger partial charge in [0.1, 0.15) is 11.9 Å². The first-order valence-electron chi connectivity index (χ1n) is 4.70. The van der Waals surface area contributed by atoms with Crippen molar-refractivity contribution in [2.45, 2.75) is 32.9 Å². The van der Waals surface area contributed by atoms with Crippen molar-refractivity contribution < 1.29 is 4.74 Å². The van der Waals surface area contributed by atoms with Crippen molar-refractivity contribution in [1.29, 1.82) is 0 Å². The van der Waals surface area contributed by atoms with Crippen LogP contribution in [0.15, 0.2) is 12.1 Å². The molecule has 0 aliphatic carbocycles. The highest BCUT2D eigenvalue weighted by atomic mass is 16.5. The molecule has 0 saturated carbocycles. The summed E-state index contributed by atoms with van der Waals surface area (Å²) in [6.45, 7) is 4.79. The Morgan fingerprint density at radius 2 is 2.31 bits per heavy atom. The maximum atomic E-state index is 5.70. The van der Waals surface area contributed by atoms with Gasteiger partial charge in [-0.25, -0.2) is 0 Å². The molecule has 70 valence electrons. The van der Waals surface area contributed by atoms with E-state index in [1.807, 2.05) is 0 Å². The third-order valence-electron chi connectivity index (χ3n) is 2.47. The maximum absolute atomic E-state index is 5.70. The van der Waals surface area contributed by atoms with E-state index in [0.717, 1.165) is 12.2 Å². The molecule has 0 aromatic heterocycles. The Labute approximate surface area is 78.7 Å². The fourth-order valence-electron chi connectivity index (χ4n) is 1.92. The lowest BCUT2D eigenvalue weighted by atomic mass is 10.0. The Bertz CT molecular complexity index is 333. The van der Waals surface area contributed by atoms with Gasteiger partial charge >= 0.3 is 0 Å². The highest BCUT2D eigenvalue weighted by Crippen LogP contribution is 2.33. The SMILES string of the molecule is Cc1cc(CN)cc2c1OC(C)C2. The van der Waals surface area contributed by atoms with E-state index in [2.05, 4.69) is 26.0 Å². The van der Waals surface area contributed by atoms with E-state index in [4.69, 9.17) is 10.5 Å². The van der Waals surface area contributed by atoms with Crippen LogP contribution < -0.4 is 10.5 Å². The lowest BCUT2D eigenvalue weighted by molar-refractivity contribution is 0.253. The van der Waals surface area contributed by atoms with Gasteiger partial charge in [-0.1, -0.05) is 12.1 Å². The molecule has 2 rings (SSSR count). The van der Waals surface area contributed by atoms with Gasteiger partial charge < -0.3 is 10.5 Å². The van der Waals surface area contributed by atoms with Crippen LogP contribution >= 0.6 is 0 Å². The van der Waals surface area contributed by atoms with Gasteiger partial charge in [0.05, 0.1) is 0 Å². The predicted molar refractivity (Wildman–Crippen MR) is 52.9 cm³/mol. The van der Waals surface area contributed by atoms with Gasteiger partial charge in [-0.15, -0.1) is 0 Å². The smallest absolute Gasteiger partial charge is 0.125 e. The van der Waals surface area contributed by atoms with E-state index in [1.165, 1.54) is 16.7 Å². The number of aryl methyl sites for hydroxylation is 1. The predicted octanol–water partition coefficient (Wildman–Crippen LogP) is 1.78. The number of hydrogen-bond donors (Lipinski definition) is 1. The monoisotopic (exact) mass is 177 g/mol. The topological polar surface area (TPSA) is 35.2 Å². The van der Waals surface area contributed by atoms with Crippen LogP contribution in [-0.2, 0) is 13.0 Å². The number of fused-ring (bicyclic) bond motifs is 1. The first-order chi connectivity index (χ1) is 6.20. The highest BCUT2D eigenvalue weighted by molar-refractivity contribution is 5.46. The van der Waals surface area contributed by atoms with Gasteiger partial charge in [-0.2, -0.15) is 0 Å². The highest BCUT2D eigenvalue weighted by Gasteiger charge is 2.20. The summed E-state index contributed by atoms with van der Waals surface area (Å²) in [6, 6.07) is 4.27. The minimum Gasteiger partial charge on any atom is -0.490 e. The zero-order valence-electron chi connectivity index (χ0n) is 8.13. The number of rotatable bonds is 1. The summed E-state index contributed by atoms with van der Waals surface area (Å²) >= 11 is 0. The number of benzene rings is 1. The molecule has 0 amide bonds. The minimum atomic E-state index is 0.321. The zero-order chi connectivity index (χ0) is 9.42. The van der Waals surface area contributed by atoms with Gasteiger partial charge in [0.15, 0.2) is 0 Å². The fourth-order valence-corrected chi connectivity index (χ4v) is 1.92. The van der Waals surface area contributed by atoms with Crippen LogP contribution in [0.25, 0.3) is 0 Å². The molecule has 0 bridgehead atoms. The summed E-state index contributed by atoms with van der Waals surface area (Å²) in [7, 11) is 0. The second-order valence-electron chi connectivity index (χ2n) is 3.74. The van der Waals surface area contributed by atoms with E-state index >= 15 is 0 Å². The Kier molecular flexibility index (Phi) is 2.00. The maximum Gasteiger partial charge on any atom is 0.125 e. The van der Waals surface area contributed by atoms with Crippen molar-refractivity contribution in [3.8, 4) is 5.75 Å². The van der Waals surface area contributed by atoms with Crippen molar-refractivity contribution in [3.05, 3.63) is 28.8 Å². The second-order valence-corrected chi connectivity index (χ2v) is 3.74. The van der Waals surface area contributed by atoms with Crippen molar-refractivity contribution in [1.82, 2.24) is 0 Å². The van der Waals surface area contributed by atoms with Gasteiger partial charge in [-0.05, 0) is 30.5 Å². The largest absolute Gasteiger partial charge is 0.490 e. The van der Waals surface area contributed by atoms with Crippen LogP contribution in [0.4, 0.5) is 0 Å². The zero-order valence-corrected chi connectivity index (χ0v) is 8.13. The molecule has 1 unspecified atom stereocenters. The van der Waals surface area contributed by atoms with Gasteiger partial charge in [0, 0.05) is 13.0 Å². The quantitative estimate of drug-likeness (QED) is 0.709. The summed E-state index contributed by atoms with van der Waals surface area (Å²) in [5.74, 6) is 1.07. The Morgan fingerprint density at radius 3 is 3.00 bits per heavy atom. The third kappa shape index (κ3) is 1.42. The number of ether oxygens (including phenoxy) is 1. The van der Waals surface area contributed by atoms with Crippen molar-refractivity contribution in [2.24, 2.45) is 5.73 Å². The van der Waals surface area contributed by atoms with Crippen LogP contribution in [0.1, 0.15) is 23.6 Å². The molecule has 1 heterocycles. The molecule has 1 aliphatic heterocycles. The summed E-state index contributed by atoms with van der Waals surface area (Å²) in [5, 5.41) is 0. The van der Waals surface area contributed by atoms with E-state index in [9.17, 15) is 0 Å². The molecule has 1 aliphatic rings. The average molecular weight is 177 g/mol. The van der Waals surface area contributed by atoms with Crippen molar-refractivity contribution in [2.75, 3.05) is 0 Å². The van der Waals surface area contributed by atoms with Crippen LogP contribution in [0.5, 0.6) is 5.75 Å².